The zero-order chi connectivity index (χ0) is 39.1. The minimum Gasteiger partial charge on any atom is -0.454 e. The summed E-state index contributed by atoms with van der Waals surface area (Å²) in [6.45, 7) is 13.3. The molecule has 0 radical (unpaired) electrons. The van der Waals surface area contributed by atoms with E-state index in [0.717, 1.165) is 33.3 Å². The standard InChI is InChI=1S/C54H41BN2O/c1-30-24-32(3)49(33(4)25-30)36-18-21-38(22-19-36)56-47-23-20-37(50-34(5)26-31(2)27-35(50)6)28-45(47)55-51-43(29-44-40-13-8-10-17-48(40)58-54(44)53(51)56)42-15-11-14-41-39-12-7-9-16-46(39)57(55)52(41)42/h7-29H,1-6H3. The summed E-state index contributed by atoms with van der Waals surface area (Å²) in [7, 11) is 0. The number of aromatic nitrogens is 1. The molecule has 0 saturated carbocycles. The van der Waals surface area contributed by atoms with Crippen molar-refractivity contribution in [3.8, 4) is 33.4 Å². The van der Waals surface area contributed by atoms with Crippen molar-refractivity contribution in [2.45, 2.75) is 41.5 Å². The fraction of sp³-hybridized carbons (Fsp3) is 0.111. The van der Waals surface area contributed by atoms with E-state index in [1.54, 1.807) is 0 Å². The average molecular weight is 745 g/mol. The van der Waals surface area contributed by atoms with Gasteiger partial charge in [-0.2, -0.15) is 0 Å². The lowest BCUT2D eigenvalue weighted by molar-refractivity contribution is 0.669. The van der Waals surface area contributed by atoms with E-state index >= 15 is 0 Å². The highest BCUT2D eigenvalue weighted by atomic mass is 16.3. The average Bonchev–Trinajstić information content (AvgIpc) is 3.75. The number of aryl methyl sites for hydroxylation is 6. The summed E-state index contributed by atoms with van der Waals surface area (Å²) in [5, 5.41) is 4.85. The lowest BCUT2D eigenvalue weighted by atomic mass is 9.44. The van der Waals surface area contributed by atoms with E-state index in [9.17, 15) is 0 Å². The van der Waals surface area contributed by atoms with Crippen molar-refractivity contribution in [2.24, 2.45) is 0 Å². The Bertz CT molecular complexity index is 3370. The number of benzene rings is 8. The Kier molecular flexibility index (Phi) is 6.83. The molecular weight excluding hydrogens is 703 g/mol. The summed E-state index contributed by atoms with van der Waals surface area (Å²) in [5.74, 6) is 0. The van der Waals surface area contributed by atoms with Crippen LogP contribution >= 0.6 is 0 Å². The van der Waals surface area contributed by atoms with Crippen LogP contribution in [0.3, 0.4) is 0 Å². The highest BCUT2D eigenvalue weighted by molar-refractivity contribution is 6.90. The molecule has 0 saturated heterocycles. The molecule has 10 aromatic rings. The summed E-state index contributed by atoms with van der Waals surface area (Å²) >= 11 is 0. The van der Waals surface area contributed by atoms with E-state index in [1.807, 2.05) is 0 Å². The number of para-hydroxylation sites is 3. The molecule has 276 valence electrons. The van der Waals surface area contributed by atoms with Crippen molar-refractivity contribution >= 4 is 78.6 Å². The number of hydrogen-bond donors (Lipinski definition) is 0. The van der Waals surface area contributed by atoms with Gasteiger partial charge in [0.05, 0.1) is 5.69 Å². The topological polar surface area (TPSA) is 21.3 Å². The predicted octanol–water partition coefficient (Wildman–Crippen LogP) is 13.3. The molecule has 4 heterocycles. The SMILES string of the molecule is Cc1cc(C)c(-c2ccc(N3c4ccc(-c5c(C)cc(C)cc5C)cc4B4c5c(cc6c(oc7ccccc76)c53)-c3cccc5c6ccccc6n4c35)cc2)c(C)c1. The molecule has 8 aromatic carbocycles. The van der Waals surface area contributed by atoms with Crippen LogP contribution in [-0.4, -0.2) is 11.3 Å². The van der Waals surface area contributed by atoms with Crippen molar-refractivity contribution in [3.63, 3.8) is 0 Å². The zero-order valence-corrected chi connectivity index (χ0v) is 33.7. The lowest BCUT2D eigenvalue weighted by Gasteiger charge is -2.40. The molecule has 58 heavy (non-hydrogen) atoms. The number of rotatable bonds is 3. The molecule has 0 spiro atoms. The Labute approximate surface area is 338 Å². The van der Waals surface area contributed by atoms with Crippen LogP contribution in [0.25, 0.3) is 77.1 Å². The summed E-state index contributed by atoms with van der Waals surface area (Å²) in [6, 6.07) is 52.5. The molecule has 12 rings (SSSR count). The van der Waals surface area contributed by atoms with Crippen LogP contribution in [0.4, 0.5) is 17.1 Å². The van der Waals surface area contributed by atoms with Gasteiger partial charge in [-0.3, -0.25) is 0 Å². The monoisotopic (exact) mass is 744 g/mol. The Hall–Kier alpha value is -6.78. The highest BCUT2D eigenvalue weighted by Crippen LogP contribution is 2.50. The first kappa shape index (κ1) is 33.4. The van der Waals surface area contributed by atoms with Gasteiger partial charge in [0.15, 0.2) is 5.58 Å². The molecule has 0 aliphatic carbocycles. The quantitative estimate of drug-likeness (QED) is 0.168. The molecule has 2 aliphatic heterocycles. The van der Waals surface area contributed by atoms with Crippen LogP contribution in [0.2, 0.25) is 0 Å². The van der Waals surface area contributed by atoms with Gasteiger partial charge >= 0.3 is 6.85 Å². The lowest BCUT2D eigenvalue weighted by Crippen LogP contribution is -2.56. The van der Waals surface area contributed by atoms with E-state index < -0.39 is 0 Å². The van der Waals surface area contributed by atoms with E-state index in [2.05, 4.69) is 190 Å². The summed E-state index contributed by atoms with van der Waals surface area (Å²) < 4.78 is 9.68. The van der Waals surface area contributed by atoms with Crippen LogP contribution in [0, 0.1) is 41.5 Å². The van der Waals surface area contributed by atoms with Gasteiger partial charge in [-0.05, 0) is 139 Å². The Morgan fingerprint density at radius 2 is 1.12 bits per heavy atom. The zero-order valence-electron chi connectivity index (χ0n) is 33.7. The molecule has 4 heteroatoms. The van der Waals surface area contributed by atoms with Crippen LogP contribution in [0.5, 0.6) is 0 Å². The third-order valence-corrected chi connectivity index (χ3v) is 13.1. The second kappa shape index (κ2) is 11.9. The summed E-state index contributed by atoms with van der Waals surface area (Å²) in [5.41, 5.74) is 25.7. The minimum absolute atomic E-state index is 0.0886. The van der Waals surface area contributed by atoms with Gasteiger partial charge in [0.25, 0.3) is 0 Å². The first-order valence-corrected chi connectivity index (χ1v) is 20.5. The maximum Gasteiger partial charge on any atom is 0.333 e. The summed E-state index contributed by atoms with van der Waals surface area (Å²) in [4.78, 5) is 2.50. The van der Waals surface area contributed by atoms with Crippen molar-refractivity contribution in [3.05, 3.63) is 173 Å². The molecule has 2 aliphatic rings. The van der Waals surface area contributed by atoms with Gasteiger partial charge in [-0.15, -0.1) is 0 Å². The van der Waals surface area contributed by atoms with Gasteiger partial charge in [-0.1, -0.05) is 114 Å². The third kappa shape index (κ3) is 4.46. The Morgan fingerprint density at radius 1 is 0.500 bits per heavy atom. The maximum atomic E-state index is 7.04. The van der Waals surface area contributed by atoms with Gasteiger partial charge in [0.2, 0.25) is 0 Å². The Balaban J connectivity index is 1.22. The van der Waals surface area contributed by atoms with Crippen LogP contribution in [-0.2, 0) is 0 Å². The summed E-state index contributed by atoms with van der Waals surface area (Å²) in [6.07, 6.45) is 0. The first-order chi connectivity index (χ1) is 28.2. The van der Waals surface area contributed by atoms with Crippen LogP contribution in [0.15, 0.2) is 144 Å². The fourth-order valence-corrected chi connectivity index (χ4v) is 11.1. The number of fused-ring (bicyclic) bond motifs is 11. The number of furan rings is 1. The molecule has 0 unspecified atom stereocenters. The smallest absolute Gasteiger partial charge is 0.333 e. The molecule has 3 nitrogen and oxygen atoms in total. The minimum atomic E-state index is -0.0886. The van der Waals surface area contributed by atoms with Gasteiger partial charge < -0.3 is 13.8 Å². The van der Waals surface area contributed by atoms with E-state index in [0.29, 0.717) is 0 Å². The molecule has 2 aromatic heterocycles. The second-order valence-electron chi connectivity index (χ2n) is 16.9. The number of anilines is 3. The number of nitrogens with zero attached hydrogens (tertiary/aromatic N) is 2. The predicted molar refractivity (Wildman–Crippen MR) is 247 cm³/mol. The van der Waals surface area contributed by atoms with Crippen molar-refractivity contribution in [1.29, 1.82) is 0 Å². The van der Waals surface area contributed by atoms with E-state index in [-0.39, 0.29) is 6.85 Å². The maximum absolute atomic E-state index is 7.04. The highest BCUT2D eigenvalue weighted by Gasteiger charge is 2.44. The largest absolute Gasteiger partial charge is 0.454 e. The van der Waals surface area contributed by atoms with Crippen LogP contribution in [0.1, 0.15) is 33.4 Å². The molecule has 0 atom stereocenters. The van der Waals surface area contributed by atoms with Crippen molar-refractivity contribution in [2.75, 3.05) is 4.90 Å². The Morgan fingerprint density at radius 3 is 1.84 bits per heavy atom. The third-order valence-electron chi connectivity index (χ3n) is 13.1. The van der Waals surface area contributed by atoms with Gasteiger partial charge in [0, 0.05) is 49.5 Å². The molecular formula is C54H41BN2O. The normalized spacial score (nSPS) is 12.9. The molecule has 0 amide bonds. The van der Waals surface area contributed by atoms with Crippen molar-refractivity contribution in [1.82, 2.24) is 4.48 Å². The molecule has 0 N–H and O–H groups in total. The van der Waals surface area contributed by atoms with Crippen molar-refractivity contribution < 1.29 is 4.42 Å². The molecule has 0 fully saturated rings. The van der Waals surface area contributed by atoms with E-state index in [4.69, 9.17) is 4.42 Å². The molecule has 0 bridgehead atoms. The fourth-order valence-electron chi connectivity index (χ4n) is 11.1. The van der Waals surface area contributed by atoms with E-state index in [1.165, 1.54) is 105 Å². The first-order valence-electron chi connectivity index (χ1n) is 20.5. The number of hydrogen-bond acceptors (Lipinski definition) is 2. The van der Waals surface area contributed by atoms with Gasteiger partial charge in [0.1, 0.15) is 5.58 Å². The van der Waals surface area contributed by atoms with Gasteiger partial charge in [-0.25, -0.2) is 0 Å². The van der Waals surface area contributed by atoms with Crippen LogP contribution < -0.4 is 15.8 Å². The second-order valence-corrected chi connectivity index (χ2v) is 16.9.